The van der Waals surface area contributed by atoms with Crippen LogP contribution in [0.5, 0.6) is 0 Å². The first-order chi connectivity index (χ1) is 9.88. The third kappa shape index (κ3) is 2.85. The lowest BCUT2D eigenvalue weighted by molar-refractivity contribution is 0.356. The summed E-state index contributed by atoms with van der Waals surface area (Å²) in [7, 11) is 0. The first-order valence-electron chi connectivity index (χ1n) is 7.31. The predicted molar refractivity (Wildman–Crippen MR) is 85.9 cm³/mol. The van der Waals surface area contributed by atoms with Crippen LogP contribution in [-0.4, -0.2) is 15.8 Å². The monoisotopic (exact) mass is 287 g/mol. The van der Waals surface area contributed by atoms with E-state index in [9.17, 15) is 0 Å². The second-order valence-corrected chi connectivity index (χ2v) is 6.12. The molecule has 20 heavy (non-hydrogen) atoms. The van der Waals surface area contributed by atoms with Crippen LogP contribution in [0.25, 0.3) is 0 Å². The van der Waals surface area contributed by atoms with Crippen molar-refractivity contribution in [2.75, 3.05) is 11.6 Å². The second kappa shape index (κ2) is 6.35. The van der Waals surface area contributed by atoms with Crippen LogP contribution in [0.1, 0.15) is 38.1 Å². The van der Waals surface area contributed by atoms with Gasteiger partial charge in [-0.3, -0.25) is 0 Å². The number of aromatic nitrogens is 2. The van der Waals surface area contributed by atoms with E-state index in [-0.39, 0.29) is 0 Å². The summed E-state index contributed by atoms with van der Waals surface area (Å²) in [6.07, 6.45) is 12.7. The van der Waals surface area contributed by atoms with Gasteiger partial charge in [-0.2, -0.15) is 0 Å². The fourth-order valence-corrected chi connectivity index (χ4v) is 3.49. The van der Waals surface area contributed by atoms with Crippen LogP contribution in [0.15, 0.2) is 41.6 Å². The molecule has 1 saturated carbocycles. The number of benzene rings is 1. The number of para-hydroxylation sites is 1. The van der Waals surface area contributed by atoms with Gasteiger partial charge in [-0.1, -0.05) is 31.4 Å². The highest BCUT2D eigenvalue weighted by atomic mass is 32.2. The zero-order valence-electron chi connectivity index (χ0n) is 11.9. The lowest BCUT2D eigenvalue weighted by Crippen LogP contribution is -2.14. The number of imidazole rings is 1. The molecule has 3 nitrogen and oxygen atoms in total. The van der Waals surface area contributed by atoms with Crippen LogP contribution in [0.3, 0.4) is 0 Å². The van der Waals surface area contributed by atoms with E-state index < -0.39 is 0 Å². The molecule has 0 aliphatic heterocycles. The Hall–Kier alpha value is -1.42. The summed E-state index contributed by atoms with van der Waals surface area (Å²) in [5.74, 6) is 0.971. The Labute approximate surface area is 124 Å². The highest BCUT2D eigenvalue weighted by molar-refractivity contribution is 7.98. The van der Waals surface area contributed by atoms with Crippen molar-refractivity contribution in [3.8, 4) is 0 Å². The van der Waals surface area contributed by atoms with Crippen LogP contribution < -0.4 is 5.32 Å². The number of thioether (sulfide) groups is 1. The van der Waals surface area contributed by atoms with Crippen LogP contribution in [0.2, 0.25) is 0 Å². The number of nitrogens with zero attached hydrogens (tertiary/aromatic N) is 2. The van der Waals surface area contributed by atoms with Crippen LogP contribution >= 0.6 is 11.8 Å². The van der Waals surface area contributed by atoms with E-state index in [0.29, 0.717) is 6.04 Å². The summed E-state index contributed by atoms with van der Waals surface area (Å²) >= 11 is 1.76. The van der Waals surface area contributed by atoms with Crippen molar-refractivity contribution in [3.05, 3.63) is 36.7 Å². The second-order valence-electron chi connectivity index (χ2n) is 5.28. The van der Waals surface area contributed by atoms with E-state index in [2.05, 4.69) is 51.6 Å². The van der Waals surface area contributed by atoms with Gasteiger partial charge in [0.15, 0.2) is 0 Å². The summed E-state index contributed by atoms with van der Waals surface area (Å²) in [6, 6.07) is 9.00. The minimum Gasteiger partial charge on any atom is -0.325 e. The predicted octanol–water partition coefficient (Wildman–Crippen LogP) is 4.85. The lowest BCUT2D eigenvalue weighted by Gasteiger charge is -2.25. The summed E-state index contributed by atoms with van der Waals surface area (Å²) < 4.78 is 2.32. The molecule has 106 valence electrons. The van der Waals surface area contributed by atoms with Crippen molar-refractivity contribution in [1.82, 2.24) is 9.55 Å². The molecular formula is C16H21N3S. The van der Waals surface area contributed by atoms with Crippen molar-refractivity contribution in [2.45, 2.75) is 43.0 Å². The smallest absolute Gasteiger partial charge is 0.207 e. The number of anilines is 2. The van der Waals surface area contributed by atoms with E-state index in [1.807, 2.05) is 6.20 Å². The third-order valence-corrected chi connectivity index (χ3v) is 4.79. The molecule has 1 fully saturated rings. The molecule has 1 N–H and O–H groups in total. The zero-order valence-corrected chi connectivity index (χ0v) is 12.7. The Balaban J connectivity index is 1.82. The Kier molecular flexibility index (Phi) is 4.31. The minimum absolute atomic E-state index is 0.607. The van der Waals surface area contributed by atoms with Crippen LogP contribution in [-0.2, 0) is 0 Å². The molecule has 1 heterocycles. The third-order valence-electron chi connectivity index (χ3n) is 3.99. The van der Waals surface area contributed by atoms with Crippen molar-refractivity contribution >= 4 is 23.4 Å². The van der Waals surface area contributed by atoms with Gasteiger partial charge in [-0.25, -0.2) is 4.98 Å². The summed E-state index contributed by atoms with van der Waals surface area (Å²) in [5.41, 5.74) is 1.14. The largest absolute Gasteiger partial charge is 0.325 e. The Bertz CT molecular complexity index is 558. The van der Waals surface area contributed by atoms with Crippen LogP contribution in [0, 0.1) is 0 Å². The quantitative estimate of drug-likeness (QED) is 0.815. The van der Waals surface area contributed by atoms with Crippen LogP contribution in [0.4, 0.5) is 11.6 Å². The molecule has 0 amide bonds. The molecule has 1 aromatic carbocycles. The molecule has 3 rings (SSSR count). The molecule has 1 aromatic heterocycles. The van der Waals surface area contributed by atoms with Gasteiger partial charge in [0.2, 0.25) is 5.95 Å². The molecule has 0 bridgehead atoms. The standard InChI is InChI=1S/C16H21N3S/c1-20-15-10-6-5-9-14(15)18-16-17-11-12-19(16)13-7-3-2-4-8-13/h5-6,9-13H,2-4,7-8H2,1H3,(H,17,18). The van der Waals surface area contributed by atoms with Gasteiger partial charge in [0.1, 0.15) is 0 Å². The van der Waals surface area contributed by atoms with Gasteiger partial charge >= 0.3 is 0 Å². The Morgan fingerprint density at radius 3 is 2.80 bits per heavy atom. The molecule has 0 saturated heterocycles. The minimum atomic E-state index is 0.607. The Morgan fingerprint density at radius 2 is 2.00 bits per heavy atom. The average Bonchev–Trinajstić information content (AvgIpc) is 2.97. The molecule has 0 spiro atoms. The summed E-state index contributed by atoms with van der Waals surface area (Å²) in [4.78, 5) is 5.76. The lowest BCUT2D eigenvalue weighted by atomic mass is 9.95. The summed E-state index contributed by atoms with van der Waals surface area (Å²) in [5, 5.41) is 3.50. The van der Waals surface area contributed by atoms with E-state index in [4.69, 9.17) is 0 Å². The number of hydrogen-bond donors (Lipinski definition) is 1. The average molecular weight is 287 g/mol. The van der Waals surface area contributed by atoms with Gasteiger partial charge in [0.05, 0.1) is 5.69 Å². The Morgan fingerprint density at radius 1 is 1.20 bits per heavy atom. The van der Waals surface area contributed by atoms with Crippen molar-refractivity contribution in [2.24, 2.45) is 0 Å². The van der Waals surface area contributed by atoms with E-state index >= 15 is 0 Å². The maximum Gasteiger partial charge on any atom is 0.207 e. The normalized spacial score (nSPS) is 16.2. The fourth-order valence-electron chi connectivity index (χ4n) is 2.93. The number of hydrogen-bond acceptors (Lipinski definition) is 3. The SMILES string of the molecule is CSc1ccccc1Nc1nccn1C1CCCCC1. The first-order valence-corrected chi connectivity index (χ1v) is 8.54. The molecule has 2 aromatic rings. The highest BCUT2D eigenvalue weighted by Gasteiger charge is 2.18. The zero-order chi connectivity index (χ0) is 13.8. The molecular weight excluding hydrogens is 266 g/mol. The van der Waals surface area contributed by atoms with Gasteiger partial charge in [-0.05, 0) is 31.2 Å². The maximum atomic E-state index is 4.50. The number of rotatable bonds is 4. The first kappa shape index (κ1) is 13.6. The molecule has 1 aliphatic rings. The van der Waals surface area contributed by atoms with Gasteiger partial charge in [-0.15, -0.1) is 11.8 Å². The molecule has 0 unspecified atom stereocenters. The molecule has 0 radical (unpaired) electrons. The van der Waals surface area contributed by atoms with Gasteiger partial charge < -0.3 is 9.88 Å². The van der Waals surface area contributed by atoms with E-state index in [1.165, 1.54) is 37.0 Å². The number of nitrogens with one attached hydrogen (secondary N) is 1. The van der Waals surface area contributed by atoms with Gasteiger partial charge in [0.25, 0.3) is 0 Å². The highest BCUT2D eigenvalue weighted by Crippen LogP contribution is 2.32. The topological polar surface area (TPSA) is 29.9 Å². The van der Waals surface area contributed by atoms with E-state index in [0.717, 1.165) is 11.6 Å². The molecule has 1 aliphatic carbocycles. The molecule has 0 atom stereocenters. The summed E-state index contributed by atoms with van der Waals surface area (Å²) in [6.45, 7) is 0. The fraction of sp³-hybridized carbons (Fsp3) is 0.438. The van der Waals surface area contributed by atoms with Gasteiger partial charge in [0, 0.05) is 23.3 Å². The maximum absolute atomic E-state index is 4.50. The van der Waals surface area contributed by atoms with E-state index in [1.54, 1.807) is 11.8 Å². The van der Waals surface area contributed by atoms with Crippen molar-refractivity contribution < 1.29 is 0 Å². The molecule has 4 heteroatoms. The van der Waals surface area contributed by atoms with Crippen molar-refractivity contribution in [3.63, 3.8) is 0 Å². The van der Waals surface area contributed by atoms with Crippen molar-refractivity contribution in [1.29, 1.82) is 0 Å².